The van der Waals surface area contributed by atoms with Crippen molar-refractivity contribution in [1.82, 2.24) is 14.5 Å². The van der Waals surface area contributed by atoms with E-state index in [1.165, 1.54) is 12.4 Å². The average molecular weight is 370 g/mol. The predicted octanol–water partition coefficient (Wildman–Crippen LogP) is 4.16. The van der Waals surface area contributed by atoms with Crippen molar-refractivity contribution in [2.75, 3.05) is 12.4 Å². The number of anilines is 1. The molecule has 0 aliphatic rings. The molecule has 0 bridgehead atoms. The summed E-state index contributed by atoms with van der Waals surface area (Å²) in [5.74, 6) is 0.131. The van der Waals surface area contributed by atoms with E-state index in [-0.39, 0.29) is 5.91 Å². The third-order valence-corrected chi connectivity index (χ3v) is 4.07. The molecule has 0 atom stereocenters. The third-order valence-electron chi connectivity index (χ3n) is 4.07. The van der Waals surface area contributed by atoms with Gasteiger partial charge in [0.2, 0.25) is 0 Å². The minimum atomic E-state index is -2.60. The van der Waals surface area contributed by atoms with Crippen LogP contribution in [0.25, 0.3) is 0 Å². The van der Waals surface area contributed by atoms with E-state index in [9.17, 15) is 13.6 Å². The maximum Gasteiger partial charge on any atom is 0.319 e. The van der Waals surface area contributed by atoms with Gasteiger partial charge in [0.25, 0.3) is 5.91 Å². The van der Waals surface area contributed by atoms with E-state index in [0.29, 0.717) is 24.5 Å². The number of rotatable bonds is 7. The second-order valence-corrected chi connectivity index (χ2v) is 6.22. The quantitative estimate of drug-likeness (QED) is 0.679. The van der Waals surface area contributed by atoms with Crippen LogP contribution in [0.1, 0.15) is 28.3 Å². The summed E-state index contributed by atoms with van der Waals surface area (Å²) >= 11 is 0. The van der Waals surface area contributed by atoms with Crippen molar-refractivity contribution < 1.29 is 13.6 Å². The van der Waals surface area contributed by atoms with Crippen LogP contribution in [-0.4, -0.2) is 27.4 Å². The van der Waals surface area contributed by atoms with Gasteiger partial charge in [-0.05, 0) is 36.9 Å². The lowest BCUT2D eigenvalue weighted by atomic mass is 10.1. The first-order valence-electron chi connectivity index (χ1n) is 8.46. The molecule has 0 fully saturated rings. The molecular formula is C20H20F2N4O. The molecule has 7 heteroatoms. The average Bonchev–Trinajstić information content (AvgIpc) is 3.11. The van der Waals surface area contributed by atoms with Crippen molar-refractivity contribution in [3.63, 3.8) is 0 Å². The van der Waals surface area contributed by atoms with Gasteiger partial charge in [0.1, 0.15) is 5.82 Å². The van der Waals surface area contributed by atoms with E-state index in [1.54, 1.807) is 12.1 Å². The van der Waals surface area contributed by atoms with Crippen molar-refractivity contribution in [3.8, 4) is 0 Å². The molecule has 0 saturated heterocycles. The minimum absolute atomic E-state index is 0.180. The Morgan fingerprint density at radius 1 is 1.11 bits per heavy atom. The molecule has 0 aliphatic heterocycles. The van der Waals surface area contributed by atoms with Gasteiger partial charge >= 0.3 is 6.55 Å². The summed E-state index contributed by atoms with van der Waals surface area (Å²) in [5, 5.41) is 2.83. The Labute approximate surface area is 156 Å². The largest absolute Gasteiger partial charge is 0.322 e. The monoisotopic (exact) mass is 370 g/mol. The molecule has 27 heavy (non-hydrogen) atoms. The summed E-state index contributed by atoms with van der Waals surface area (Å²) in [4.78, 5) is 18.1. The number of carbonyl (C=O) groups excluding carboxylic acids is 1. The molecule has 3 rings (SSSR count). The second-order valence-electron chi connectivity index (χ2n) is 6.22. The summed E-state index contributed by atoms with van der Waals surface area (Å²) in [7, 11) is 1.83. The standard InChI is InChI=1S/C20H20F2N4O/c1-25(14-18-23-11-12-26(18)20(21)22)13-15-7-9-16(10-8-15)19(27)24-17-5-3-2-4-6-17/h2-12,20H,13-14H2,1H3,(H,24,27). The van der Waals surface area contributed by atoms with Gasteiger partial charge in [-0.2, -0.15) is 8.78 Å². The van der Waals surface area contributed by atoms with Crippen LogP contribution < -0.4 is 5.32 Å². The number of hydrogen-bond donors (Lipinski definition) is 1. The Bertz CT molecular complexity index is 879. The van der Waals surface area contributed by atoms with Crippen molar-refractivity contribution in [1.29, 1.82) is 0 Å². The highest BCUT2D eigenvalue weighted by Crippen LogP contribution is 2.15. The molecule has 1 N–H and O–H groups in total. The topological polar surface area (TPSA) is 50.2 Å². The number of halogens is 2. The lowest BCUT2D eigenvalue weighted by Crippen LogP contribution is -2.20. The first-order chi connectivity index (χ1) is 13.0. The first-order valence-corrected chi connectivity index (χ1v) is 8.46. The Balaban J connectivity index is 1.58. The molecule has 2 aromatic carbocycles. The fourth-order valence-electron chi connectivity index (χ4n) is 2.74. The molecular weight excluding hydrogens is 350 g/mol. The Morgan fingerprint density at radius 2 is 1.81 bits per heavy atom. The molecule has 0 saturated carbocycles. The zero-order valence-corrected chi connectivity index (χ0v) is 14.8. The van der Waals surface area contributed by atoms with Gasteiger partial charge in [-0.3, -0.25) is 14.3 Å². The molecule has 3 aromatic rings. The normalized spacial score (nSPS) is 11.1. The smallest absolute Gasteiger partial charge is 0.319 e. The lowest BCUT2D eigenvalue weighted by Gasteiger charge is -2.17. The number of hydrogen-bond acceptors (Lipinski definition) is 3. The number of aromatic nitrogens is 2. The lowest BCUT2D eigenvalue weighted by molar-refractivity contribution is 0.0644. The summed E-state index contributed by atoms with van der Waals surface area (Å²) in [5.41, 5.74) is 2.27. The Morgan fingerprint density at radius 3 is 2.48 bits per heavy atom. The summed E-state index contributed by atoms with van der Waals surface area (Å²) < 4.78 is 26.6. The molecule has 1 aromatic heterocycles. The molecule has 140 valence electrons. The van der Waals surface area contributed by atoms with Crippen molar-refractivity contribution in [2.24, 2.45) is 0 Å². The van der Waals surface area contributed by atoms with Crippen LogP contribution in [-0.2, 0) is 13.1 Å². The first kappa shape index (κ1) is 18.7. The maximum atomic E-state index is 12.9. The van der Waals surface area contributed by atoms with E-state index in [2.05, 4.69) is 10.3 Å². The molecule has 5 nitrogen and oxygen atoms in total. The number of amides is 1. The SMILES string of the molecule is CN(Cc1ccc(C(=O)Nc2ccccc2)cc1)Cc1nccn1C(F)F. The number of imidazole rings is 1. The third kappa shape index (κ3) is 4.98. The summed E-state index contributed by atoms with van der Waals surface area (Å²) in [6.45, 7) is -1.75. The zero-order chi connectivity index (χ0) is 19.2. The van der Waals surface area contributed by atoms with Crippen LogP contribution in [0, 0.1) is 0 Å². The summed E-state index contributed by atoms with van der Waals surface area (Å²) in [6.07, 6.45) is 2.64. The van der Waals surface area contributed by atoms with E-state index in [0.717, 1.165) is 15.8 Å². The number of alkyl halides is 2. The van der Waals surface area contributed by atoms with Gasteiger partial charge in [0.05, 0.1) is 6.54 Å². The highest BCUT2D eigenvalue weighted by Gasteiger charge is 2.13. The number of nitrogens with one attached hydrogen (secondary N) is 1. The van der Waals surface area contributed by atoms with Crippen molar-refractivity contribution in [2.45, 2.75) is 19.6 Å². The van der Waals surface area contributed by atoms with E-state index < -0.39 is 6.55 Å². The van der Waals surface area contributed by atoms with Crippen LogP contribution in [0.2, 0.25) is 0 Å². The van der Waals surface area contributed by atoms with E-state index in [1.807, 2.05) is 54.4 Å². The molecule has 0 unspecified atom stereocenters. The number of carbonyl (C=O) groups is 1. The highest BCUT2D eigenvalue weighted by molar-refractivity contribution is 6.04. The van der Waals surface area contributed by atoms with Gasteiger partial charge < -0.3 is 5.32 Å². The fraction of sp³-hybridized carbons (Fsp3) is 0.200. The van der Waals surface area contributed by atoms with Crippen LogP contribution >= 0.6 is 0 Å². The van der Waals surface area contributed by atoms with Crippen molar-refractivity contribution in [3.05, 3.63) is 83.9 Å². The predicted molar refractivity (Wildman–Crippen MR) is 99.5 cm³/mol. The number of para-hydroxylation sites is 1. The Kier molecular flexibility index (Phi) is 5.93. The number of nitrogens with zero attached hydrogens (tertiary/aromatic N) is 3. The van der Waals surface area contributed by atoms with E-state index in [4.69, 9.17) is 0 Å². The van der Waals surface area contributed by atoms with Gasteiger partial charge in [-0.1, -0.05) is 30.3 Å². The highest BCUT2D eigenvalue weighted by atomic mass is 19.3. The van der Waals surface area contributed by atoms with Gasteiger partial charge in [-0.25, -0.2) is 4.98 Å². The molecule has 1 amide bonds. The minimum Gasteiger partial charge on any atom is -0.322 e. The fourth-order valence-corrected chi connectivity index (χ4v) is 2.74. The zero-order valence-electron chi connectivity index (χ0n) is 14.8. The molecule has 1 heterocycles. The molecule has 0 aliphatic carbocycles. The second kappa shape index (κ2) is 8.55. The van der Waals surface area contributed by atoms with Gasteiger partial charge in [-0.15, -0.1) is 0 Å². The molecule has 0 spiro atoms. The van der Waals surface area contributed by atoms with Crippen molar-refractivity contribution >= 4 is 11.6 Å². The number of benzene rings is 2. The Hall–Kier alpha value is -3.06. The van der Waals surface area contributed by atoms with Crippen LogP contribution in [0.3, 0.4) is 0 Å². The van der Waals surface area contributed by atoms with Gasteiger partial charge in [0, 0.05) is 30.2 Å². The van der Waals surface area contributed by atoms with Gasteiger partial charge in [0.15, 0.2) is 0 Å². The van der Waals surface area contributed by atoms with Crippen LogP contribution in [0.4, 0.5) is 14.5 Å². The van der Waals surface area contributed by atoms with Crippen LogP contribution in [0.5, 0.6) is 0 Å². The maximum absolute atomic E-state index is 12.9. The molecule has 0 radical (unpaired) electrons. The van der Waals surface area contributed by atoms with Crippen LogP contribution in [0.15, 0.2) is 67.0 Å². The van der Waals surface area contributed by atoms with E-state index >= 15 is 0 Å². The summed E-state index contributed by atoms with van der Waals surface area (Å²) in [6, 6.07) is 16.5.